The third kappa shape index (κ3) is 2.37. The van der Waals surface area contributed by atoms with Gasteiger partial charge in [0.2, 0.25) is 0 Å². The minimum absolute atomic E-state index is 0.000813. The van der Waals surface area contributed by atoms with E-state index in [0.717, 1.165) is 18.5 Å². The van der Waals surface area contributed by atoms with Crippen molar-refractivity contribution < 1.29 is 0 Å². The van der Waals surface area contributed by atoms with Gasteiger partial charge in [-0.05, 0) is 37.4 Å². The Labute approximate surface area is 90.9 Å². The van der Waals surface area contributed by atoms with Gasteiger partial charge in [-0.2, -0.15) is 5.26 Å². The van der Waals surface area contributed by atoms with E-state index in [0.29, 0.717) is 6.04 Å². The smallest absolute Gasteiger partial charge is 0.0700 e. The fourth-order valence-corrected chi connectivity index (χ4v) is 1.82. The van der Waals surface area contributed by atoms with Crippen molar-refractivity contribution in [3.8, 4) is 6.07 Å². The lowest BCUT2D eigenvalue weighted by Crippen LogP contribution is -2.44. The second-order valence-electron chi connectivity index (χ2n) is 4.24. The lowest BCUT2D eigenvalue weighted by molar-refractivity contribution is 0.369. The van der Waals surface area contributed by atoms with Crippen LogP contribution >= 0.6 is 0 Å². The van der Waals surface area contributed by atoms with Gasteiger partial charge in [0, 0.05) is 6.04 Å². The van der Waals surface area contributed by atoms with Gasteiger partial charge in [-0.3, -0.25) is 0 Å². The van der Waals surface area contributed by atoms with Crippen molar-refractivity contribution in [1.29, 1.82) is 5.26 Å². The molecule has 1 aliphatic rings. The Kier molecular flexibility index (Phi) is 3.03. The summed E-state index contributed by atoms with van der Waals surface area (Å²) in [5, 5.41) is 12.2. The van der Waals surface area contributed by atoms with Gasteiger partial charge in [0.15, 0.2) is 0 Å². The Balaban J connectivity index is 2.00. The molecule has 15 heavy (non-hydrogen) atoms. The highest BCUT2D eigenvalue weighted by molar-refractivity contribution is 5.28. The number of nitriles is 1. The summed E-state index contributed by atoms with van der Waals surface area (Å²) in [5.74, 6) is 0.000813. The molecule has 2 unspecified atom stereocenters. The molecule has 0 bridgehead atoms. The Hall–Kier alpha value is -1.33. The van der Waals surface area contributed by atoms with Crippen LogP contribution in [0.15, 0.2) is 24.3 Å². The van der Waals surface area contributed by atoms with Crippen LogP contribution in [-0.2, 0) is 6.42 Å². The predicted molar refractivity (Wildman–Crippen MR) is 60.6 cm³/mol. The maximum absolute atomic E-state index is 8.79. The van der Waals surface area contributed by atoms with Crippen LogP contribution in [0.2, 0.25) is 0 Å². The zero-order valence-electron chi connectivity index (χ0n) is 9.03. The van der Waals surface area contributed by atoms with Gasteiger partial charge in [0.1, 0.15) is 0 Å². The molecule has 78 valence electrons. The summed E-state index contributed by atoms with van der Waals surface area (Å²) in [6, 6.07) is 11.3. The van der Waals surface area contributed by atoms with Crippen LogP contribution in [0.3, 0.4) is 0 Å². The van der Waals surface area contributed by atoms with E-state index in [1.807, 2.05) is 6.92 Å². The van der Waals surface area contributed by atoms with Gasteiger partial charge < -0.3 is 5.32 Å². The molecular weight excluding hydrogens is 184 g/mol. The zero-order valence-corrected chi connectivity index (χ0v) is 9.03. The van der Waals surface area contributed by atoms with E-state index in [4.69, 9.17) is 5.26 Å². The van der Waals surface area contributed by atoms with E-state index in [2.05, 4.69) is 35.7 Å². The van der Waals surface area contributed by atoms with Crippen LogP contribution in [0, 0.1) is 11.3 Å². The maximum Gasteiger partial charge on any atom is 0.0700 e. The van der Waals surface area contributed by atoms with Crippen molar-refractivity contribution in [2.24, 2.45) is 0 Å². The van der Waals surface area contributed by atoms with Crippen LogP contribution < -0.4 is 5.32 Å². The largest absolute Gasteiger partial charge is 0.314 e. The van der Waals surface area contributed by atoms with Gasteiger partial charge in [-0.1, -0.05) is 24.3 Å². The minimum atomic E-state index is 0.000813. The molecule has 1 N–H and O–H groups in total. The van der Waals surface area contributed by atoms with Gasteiger partial charge in [0.25, 0.3) is 0 Å². The van der Waals surface area contributed by atoms with Crippen LogP contribution in [0.5, 0.6) is 0 Å². The molecular formula is C13H16N2. The number of benzene rings is 1. The van der Waals surface area contributed by atoms with Gasteiger partial charge in [0.05, 0.1) is 12.0 Å². The monoisotopic (exact) mass is 200 g/mol. The van der Waals surface area contributed by atoms with Crippen LogP contribution in [0.1, 0.15) is 30.4 Å². The molecule has 1 aromatic rings. The number of hydrogen-bond acceptors (Lipinski definition) is 2. The molecule has 2 rings (SSSR count). The van der Waals surface area contributed by atoms with Crippen molar-refractivity contribution in [3.63, 3.8) is 0 Å². The Morgan fingerprint density at radius 1 is 1.47 bits per heavy atom. The first-order chi connectivity index (χ1) is 7.29. The molecule has 0 aliphatic carbocycles. The SMILES string of the molecule is CC(C#N)c1ccc(CC2CCN2)cc1. The number of nitrogens with zero attached hydrogens (tertiary/aromatic N) is 1. The predicted octanol–water partition coefficient (Wildman–Crippen LogP) is 2.22. The Morgan fingerprint density at radius 2 is 2.13 bits per heavy atom. The third-order valence-electron chi connectivity index (χ3n) is 3.08. The van der Waals surface area contributed by atoms with Crippen LogP contribution in [0.25, 0.3) is 0 Å². The molecule has 2 nitrogen and oxygen atoms in total. The van der Waals surface area contributed by atoms with Gasteiger partial charge in [-0.25, -0.2) is 0 Å². The molecule has 1 aliphatic heterocycles. The summed E-state index contributed by atoms with van der Waals surface area (Å²) in [5.41, 5.74) is 2.48. The normalized spacial score (nSPS) is 21.5. The number of hydrogen-bond donors (Lipinski definition) is 1. The molecule has 2 atom stereocenters. The van der Waals surface area contributed by atoms with E-state index in [1.54, 1.807) is 0 Å². The average Bonchev–Trinajstić information content (AvgIpc) is 2.23. The average molecular weight is 200 g/mol. The van der Waals surface area contributed by atoms with Crippen molar-refractivity contribution in [2.45, 2.75) is 31.7 Å². The lowest BCUT2D eigenvalue weighted by atomic mass is 9.95. The Bertz CT molecular complexity index is 357. The van der Waals surface area contributed by atoms with E-state index in [-0.39, 0.29) is 5.92 Å². The minimum Gasteiger partial charge on any atom is -0.314 e. The summed E-state index contributed by atoms with van der Waals surface area (Å²) >= 11 is 0. The van der Waals surface area contributed by atoms with E-state index in [1.165, 1.54) is 12.0 Å². The molecule has 0 radical (unpaired) electrons. The highest BCUT2D eigenvalue weighted by atomic mass is 15.0. The molecule has 1 aromatic carbocycles. The standard InChI is InChI=1S/C13H16N2/c1-10(9-14)12-4-2-11(3-5-12)8-13-6-7-15-13/h2-5,10,13,15H,6-8H2,1H3. The van der Waals surface area contributed by atoms with Crippen molar-refractivity contribution >= 4 is 0 Å². The Morgan fingerprint density at radius 3 is 2.60 bits per heavy atom. The summed E-state index contributed by atoms with van der Waals surface area (Å²) in [7, 11) is 0. The van der Waals surface area contributed by atoms with E-state index < -0.39 is 0 Å². The topological polar surface area (TPSA) is 35.8 Å². The van der Waals surface area contributed by atoms with E-state index in [9.17, 15) is 0 Å². The maximum atomic E-state index is 8.79. The zero-order chi connectivity index (χ0) is 10.7. The van der Waals surface area contributed by atoms with Crippen LogP contribution in [-0.4, -0.2) is 12.6 Å². The summed E-state index contributed by atoms with van der Waals surface area (Å²) in [6.45, 7) is 3.09. The van der Waals surface area contributed by atoms with Gasteiger partial charge in [-0.15, -0.1) is 0 Å². The summed E-state index contributed by atoms with van der Waals surface area (Å²) < 4.78 is 0. The molecule has 1 fully saturated rings. The summed E-state index contributed by atoms with van der Waals surface area (Å²) in [4.78, 5) is 0. The molecule has 0 spiro atoms. The highest BCUT2D eigenvalue weighted by Gasteiger charge is 2.16. The fraction of sp³-hybridized carbons (Fsp3) is 0.462. The first-order valence-corrected chi connectivity index (χ1v) is 5.51. The molecule has 2 heteroatoms. The van der Waals surface area contributed by atoms with Crippen molar-refractivity contribution in [1.82, 2.24) is 5.32 Å². The highest BCUT2D eigenvalue weighted by Crippen LogP contribution is 2.17. The first-order valence-electron chi connectivity index (χ1n) is 5.51. The quantitative estimate of drug-likeness (QED) is 0.812. The third-order valence-corrected chi connectivity index (χ3v) is 3.08. The molecule has 1 saturated heterocycles. The molecule has 0 amide bonds. The fourth-order valence-electron chi connectivity index (χ4n) is 1.82. The number of rotatable bonds is 3. The second kappa shape index (κ2) is 4.46. The van der Waals surface area contributed by atoms with Gasteiger partial charge >= 0.3 is 0 Å². The number of nitrogens with one attached hydrogen (secondary N) is 1. The van der Waals surface area contributed by atoms with E-state index >= 15 is 0 Å². The summed E-state index contributed by atoms with van der Waals surface area (Å²) in [6.07, 6.45) is 2.40. The molecule has 0 aromatic heterocycles. The van der Waals surface area contributed by atoms with Crippen molar-refractivity contribution in [2.75, 3.05) is 6.54 Å². The van der Waals surface area contributed by atoms with Crippen LogP contribution in [0.4, 0.5) is 0 Å². The lowest BCUT2D eigenvalue weighted by Gasteiger charge is -2.27. The van der Waals surface area contributed by atoms with Crippen molar-refractivity contribution in [3.05, 3.63) is 35.4 Å². The molecule has 0 saturated carbocycles. The molecule has 1 heterocycles. The second-order valence-corrected chi connectivity index (χ2v) is 4.24. The first kappa shape index (κ1) is 10.2.